The molecule has 2 aromatic rings. The molecule has 21 heavy (non-hydrogen) atoms. The number of nitrogens with one attached hydrogen (secondary N) is 1. The van der Waals surface area contributed by atoms with Gasteiger partial charge in [-0.3, -0.25) is 4.79 Å². The Morgan fingerprint density at radius 1 is 1.19 bits per heavy atom. The van der Waals surface area contributed by atoms with Crippen LogP contribution >= 0.6 is 11.3 Å². The van der Waals surface area contributed by atoms with Crippen LogP contribution in [0.3, 0.4) is 0 Å². The zero-order valence-corrected chi connectivity index (χ0v) is 12.3. The highest BCUT2D eigenvalue weighted by Crippen LogP contribution is 2.22. The van der Waals surface area contributed by atoms with Crippen LogP contribution in [0.1, 0.15) is 22.2 Å². The van der Waals surface area contributed by atoms with Crippen LogP contribution in [-0.4, -0.2) is 23.6 Å². The van der Waals surface area contributed by atoms with E-state index in [1.54, 1.807) is 6.07 Å². The number of hydrogen-bond donors (Lipinski definition) is 2. The number of carboxylic acid groups (broad SMARTS) is 1. The number of rotatable bonds is 6. The molecule has 0 unspecified atom stereocenters. The quantitative estimate of drug-likeness (QED) is 0.860. The molecule has 1 amide bonds. The topological polar surface area (TPSA) is 75.6 Å². The van der Waals surface area contributed by atoms with Crippen molar-refractivity contribution in [1.82, 2.24) is 0 Å². The van der Waals surface area contributed by atoms with Crippen LogP contribution in [0.2, 0.25) is 0 Å². The molecular formula is C15H15NO4S. The third-order valence-electron chi connectivity index (χ3n) is 2.68. The van der Waals surface area contributed by atoms with E-state index in [0.717, 1.165) is 22.6 Å². The highest BCUT2D eigenvalue weighted by molar-refractivity contribution is 7.18. The lowest BCUT2D eigenvalue weighted by atomic mass is 10.1. The van der Waals surface area contributed by atoms with E-state index in [2.05, 4.69) is 5.32 Å². The minimum atomic E-state index is -0.994. The van der Waals surface area contributed by atoms with Crippen molar-refractivity contribution in [2.75, 3.05) is 11.9 Å². The molecule has 0 saturated heterocycles. The van der Waals surface area contributed by atoms with Gasteiger partial charge in [0.05, 0.1) is 18.0 Å². The minimum absolute atomic E-state index is 0.182. The largest absolute Gasteiger partial charge is 0.494 e. The summed E-state index contributed by atoms with van der Waals surface area (Å²) in [6.07, 6.45) is 0.229. The summed E-state index contributed by atoms with van der Waals surface area (Å²) >= 11 is 1.04. The molecule has 6 heteroatoms. The first-order valence-corrected chi connectivity index (χ1v) is 7.25. The van der Waals surface area contributed by atoms with Gasteiger partial charge in [0, 0.05) is 0 Å². The van der Waals surface area contributed by atoms with Crippen molar-refractivity contribution in [2.24, 2.45) is 0 Å². The van der Waals surface area contributed by atoms with Gasteiger partial charge in [-0.05, 0) is 36.8 Å². The van der Waals surface area contributed by atoms with Crippen LogP contribution < -0.4 is 10.1 Å². The summed E-state index contributed by atoms with van der Waals surface area (Å²) < 4.78 is 5.33. The summed E-state index contributed by atoms with van der Waals surface area (Å²) in [4.78, 5) is 22.9. The van der Waals surface area contributed by atoms with Gasteiger partial charge >= 0.3 is 5.97 Å². The molecule has 0 aliphatic rings. The maximum Gasteiger partial charge on any atom is 0.345 e. The number of carbonyl (C=O) groups is 2. The van der Waals surface area contributed by atoms with E-state index in [0.29, 0.717) is 11.6 Å². The van der Waals surface area contributed by atoms with E-state index < -0.39 is 5.97 Å². The van der Waals surface area contributed by atoms with Gasteiger partial charge < -0.3 is 15.2 Å². The van der Waals surface area contributed by atoms with Gasteiger partial charge in [-0.1, -0.05) is 12.1 Å². The Morgan fingerprint density at radius 2 is 1.90 bits per heavy atom. The van der Waals surface area contributed by atoms with Crippen LogP contribution in [0, 0.1) is 0 Å². The third-order valence-corrected chi connectivity index (χ3v) is 3.67. The van der Waals surface area contributed by atoms with Crippen molar-refractivity contribution in [1.29, 1.82) is 0 Å². The number of carboxylic acids is 1. The summed E-state index contributed by atoms with van der Waals surface area (Å²) in [7, 11) is 0. The minimum Gasteiger partial charge on any atom is -0.494 e. The fourth-order valence-corrected chi connectivity index (χ4v) is 2.52. The van der Waals surface area contributed by atoms with Gasteiger partial charge in [0.2, 0.25) is 5.91 Å². The Hall–Kier alpha value is -2.34. The first-order chi connectivity index (χ1) is 10.1. The van der Waals surface area contributed by atoms with Crippen molar-refractivity contribution >= 4 is 28.2 Å². The molecule has 0 aliphatic carbocycles. The lowest BCUT2D eigenvalue weighted by molar-refractivity contribution is -0.115. The molecule has 110 valence electrons. The summed E-state index contributed by atoms with van der Waals surface area (Å²) in [5.41, 5.74) is 0.867. The van der Waals surface area contributed by atoms with Gasteiger partial charge in [-0.15, -0.1) is 11.3 Å². The molecule has 1 heterocycles. The molecule has 0 bridgehead atoms. The first kappa shape index (κ1) is 15.1. The molecule has 0 spiro atoms. The Bertz CT molecular complexity index is 633. The Kier molecular flexibility index (Phi) is 4.94. The summed E-state index contributed by atoms with van der Waals surface area (Å²) in [5, 5.41) is 12.0. The number of carbonyl (C=O) groups excluding carboxylic acids is 1. The standard InChI is InChI=1S/C15H15NO4S/c1-2-20-11-5-3-10(4-6-11)9-13(17)16-14-8-7-12(21-14)15(18)19/h3-8H,2,9H2,1H3,(H,16,17)(H,18,19). The molecule has 0 atom stereocenters. The van der Waals surface area contributed by atoms with E-state index in [9.17, 15) is 9.59 Å². The van der Waals surface area contributed by atoms with E-state index in [1.165, 1.54) is 6.07 Å². The van der Waals surface area contributed by atoms with Crippen molar-refractivity contribution in [3.8, 4) is 5.75 Å². The van der Waals surface area contributed by atoms with Crippen molar-refractivity contribution in [3.63, 3.8) is 0 Å². The predicted octanol–water partition coefficient (Wildman–Crippen LogP) is 3.03. The van der Waals surface area contributed by atoms with Gasteiger partial charge in [0.15, 0.2) is 0 Å². The molecule has 0 saturated carbocycles. The molecule has 5 nitrogen and oxygen atoms in total. The van der Waals surface area contributed by atoms with E-state index in [4.69, 9.17) is 9.84 Å². The number of thiophene rings is 1. The Morgan fingerprint density at radius 3 is 2.48 bits per heavy atom. The van der Waals surface area contributed by atoms with E-state index in [1.807, 2.05) is 31.2 Å². The molecule has 2 N–H and O–H groups in total. The average Bonchev–Trinajstić information content (AvgIpc) is 2.90. The summed E-state index contributed by atoms with van der Waals surface area (Å²) in [6, 6.07) is 10.4. The molecular weight excluding hydrogens is 290 g/mol. The number of amides is 1. The zero-order valence-electron chi connectivity index (χ0n) is 11.5. The third kappa shape index (κ3) is 4.32. The van der Waals surface area contributed by atoms with Crippen LogP contribution in [-0.2, 0) is 11.2 Å². The Balaban J connectivity index is 1.92. The number of aromatic carboxylic acids is 1. The van der Waals surface area contributed by atoms with Gasteiger partial charge in [-0.2, -0.15) is 0 Å². The van der Waals surface area contributed by atoms with Crippen LogP contribution in [0.15, 0.2) is 36.4 Å². The van der Waals surface area contributed by atoms with Crippen LogP contribution in [0.4, 0.5) is 5.00 Å². The smallest absolute Gasteiger partial charge is 0.345 e. The SMILES string of the molecule is CCOc1ccc(CC(=O)Nc2ccc(C(=O)O)s2)cc1. The van der Waals surface area contributed by atoms with Crippen LogP contribution in [0.25, 0.3) is 0 Å². The van der Waals surface area contributed by atoms with Crippen molar-refractivity contribution in [3.05, 3.63) is 46.8 Å². The zero-order chi connectivity index (χ0) is 15.2. The summed E-state index contributed by atoms with van der Waals surface area (Å²) in [5.74, 6) is -0.407. The highest BCUT2D eigenvalue weighted by Gasteiger charge is 2.10. The van der Waals surface area contributed by atoms with E-state index in [-0.39, 0.29) is 17.2 Å². The number of hydrogen-bond acceptors (Lipinski definition) is 4. The van der Waals surface area contributed by atoms with Crippen molar-refractivity contribution in [2.45, 2.75) is 13.3 Å². The molecule has 0 fully saturated rings. The van der Waals surface area contributed by atoms with Gasteiger partial charge in [0.1, 0.15) is 10.6 Å². The predicted molar refractivity (Wildman–Crippen MR) is 81.2 cm³/mol. The number of anilines is 1. The second kappa shape index (κ2) is 6.90. The molecule has 2 rings (SSSR count). The fraction of sp³-hybridized carbons (Fsp3) is 0.200. The molecule has 1 aromatic heterocycles. The average molecular weight is 305 g/mol. The fourth-order valence-electron chi connectivity index (χ4n) is 1.76. The summed E-state index contributed by atoms with van der Waals surface area (Å²) in [6.45, 7) is 2.51. The monoisotopic (exact) mass is 305 g/mol. The normalized spacial score (nSPS) is 10.1. The molecule has 0 aliphatic heterocycles. The lowest BCUT2D eigenvalue weighted by Gasteiger charge is -2.05. The molecule has 1 aromatic carbocycles. The van der Waals surface area contributed by atoms with Gasteiger partial charge in [0.25, 0.3) is 0 Å². The van der Waals surface area contributed by atoms with Gasteiger partial charge in [-0.25, -0.2) is 4.79 Å². The number of benzene rings is 1. The van der Waals surface area contributed by atoms with E-state index >= 15 is 0 Å². The first-order valence-electron chi connectivity index (χ1n) is 6.43. The Labute approximate surface area is 126 Å². The maximum atomic E-state index is 11.9. The lowest BCUT2D eigenvalue weighted by Crippen LogP contribution is -2.13. The van der Waals surface area contributed by atoms with Crippen LogP contribution in [0.5, 0.6) is 5.75 Å². The second-order valence-corrected chi connectivity index (χ2v) is 5.35. The highest BCUT2D eigenvalue weighted by atomic mass is 32.1. The number of ether oxygens (including phenoxy) is 1. The second-order valence-electron chi connectivity index (χ2n) is 4.27. The van der Waals surface area contributed by atoms with Crippen molar-refractivity contribution < 1.29 is 19.4 Å². The molecule has 0 radical (unpaired) electrons. The maximum absolute atomic E-state index is 11.9.